The Morgan fingerprint density at radius 3 is 2.72 bits per heavy atom. The van der Waals surface area contributed by atoms with Crippen LogP contribution in [0.5, 0.6) is 0 Å². The zero-order valence-electron chi connectivity index (χ0n) is 15.5. The quantitative estimate of drug-likeness (QED) is 0.550. The molecule has 0 aromatic heterocycles. The van der Waals surface area contributed by atoms with E-state index in [1.807, 2.05) is 49.4 Å². The van der Waals surface area contributed by atoms with Crippen LogP contribution in [0, 0.1) is 18.3 Å². The van der Waals surface area contributed by atoms with Gasteiger partial charge >= 0.3 is 0 Å². The molecule has 2 aromatic rings. The number of hydrogen-bond acceptors (Lipinski definition) is 4. The van der Waals surface area contributed by atoms with E-state index in [-0.39, 0.29) is 29.9 Å². The number of benzene rings is 2. The number of rotatable bonds is 5. The molecule has 1 atom stereocenters. The number of amides is 2. The van der Waals surface area contributed by atoms with Crippen LogP contribution in [0.15, 0.2) is 62.0 Å². The number of nitrogens with one attached hydrogen (secondary N) is 2. The van der Waals surface area contributed by atoms with Gasteiger partial charge in [0.15, 0.2) is 0 Å². The molecule has 0 saturated carbocycles. The number of nitrogens with zero attached hydrogens (tertiary/aromatic N) is 1. The van der Waals surface area contributed by atoms with Crippen LogP contribution in [0.4, 0.5) is 5.69 Å². The molecule has 0 saturated heterocycles. The fourth-order valence-electron chi connectivity index (χ4n) is 3.03. The lowest BCUT2D eigenvalue weighted by molar-refractivity contribution is -0.121. The first-order valence-corrected chi connectivity index (χ1v) is 11.3. The molecule has 8 heteroatoms. The Labute approximate surface area is 190 Å². The standard InChI is InChI=1S/C21H17Br2N3O2S/c1-12-7-15(23)5-6-18(12)25-20(28)11-29-21-17(10-24)16(9-19(27)26-21)13-3-2-4-14(22)8-13/h2-8,16H,9,11H2,1H3,(H,25,28)(H,26,27)/t16-/m1/s1. The average Bonchev–Trinajstić information content (AvgIpc) is 2.68. The first-order valence-electron chi connectivity index (χ1n) is 8.75. The average molecular weight is 535 g/mol. The second-order valence-electron chi connectivity index (χ2n) is 6.51. The zero-order chi connectivity index (χ0) is 21.0. The maximum atomic E-state index is 12.4. The van der Waals surface area contributed by atoms with Crippen molar-refractivity contribution in [2.45, 2.75) is 19.3 Å². The molecule has 0 spiro atoms. The second kappa shape index (κ2) is 9.61. The number of nitriles is 1. The SMILES string of the molecule is Cc1cc(Br)ccc1NC(=O)CSC1=C(C#N)[C@@H](c2cccc(Br)c2)CC(=O)N1. The molecule has 1 heterocycles. The fraction of sp³-hybridized carbons (Fsp3) is 0.190. The third kappa shape index (κ3) is 5.50. The van der Waals surface area contributed by atoms with E-state index >= 15 is 0 Å². The lowest BCUT2D eigenvalue weighted by Crippen LogP contribution is -2.31. The molecule has 5 nitrogen and oxygen atoms in total. The van der Waals surface area contributed by atoms with Gasteiger partial charge in [0.25, 0.3) is 0 Å². The highest BCUT2D eigenvalue weighted by molar-refractivity contribution is 9.10. The highest BCUT2D eigenvalue weighted by atomic mass is 79.9. The van der Waals surface area contributed by atoms with Crippen LogP contribution in [0.25, 0.3) is 0 Å². The molecule has 1 aliphatic heterocycles. The summed E-state index contributed by atoms with van der Waals surface area (Å²) in [6.07, 6.45) is 0.202. The normalized spacial score (nSPS) is 16.2. The van der Waals surface area contributed by atoms with Crippen molar-refractivity contribution in [3.8, 4) is 6.07 Å². The molecule has 0 fully saturated rings. The van der Waals surface area contributed by atoms with Gasteiger partial charge in [-0.3, -0.25) is 9.59 Å². The zero-order valence-corrected chi connectivity index (χ0v) is 19.4. The van der Waals surface area contributed by atoms with E-state index in [0.717, 1.165) is 37.5 Å². The number of allylic oxidation sites excluding steroid dienone is 1. The van der Waals surface area contributed by atoms with Gasteiger partial charge in [-0.15, -0.1) is 0 Å². The molecule has 2 aromatic carbocycles. The molecule has 0 radical (unpaired) electrons. The predicted molar refractivity (Wildman–Crippen MR) is 122 cm³/mol. The van der Waals surface area contributed by atoms with Crippen molar-refractivity contribution in [3.05, 3.63) is 73.1 Å². The van der Waals surface area contributed by atoms with Crippen molar-refractivity contribution < 1.29 is 9.59 Å². The maximum absolute atomic E-state index is 12.4. The highest BCUT2D eigenvalue weighted by Gasteiger charge is 2.30. The summed E-state index contributed by atoms with van der Waals surface area (Å²) in [6, 6.07) is 15.4. The van der Waals surface area contributed by atoms with E-state index in [9.17, 15) is 14.9 Å². The van der Waals surface area contributed by atoms with Crippen LogP contribution in [0.1, 0.15) is 23.5 Å². The van der Waals surface area contributed by atoms with E-state index in [2.05, 4.69) is 48.6 Å². The Hall–Kier alpha value is -2.08. The first kappa shape index (κ1) is 21.6. The molecule has 29 heavy (non-hydrogen) atoms. The van der Waals surface area contributed by atoms with Gasteiger partial charge in [0.05, 0.1) is 22.4 Å². The lowest BCUT2D eigenvalue weighted by Gasteiger charge is -2.25. The van der Waals surface area contributed by atoms with Gasteiger partial charge < -0.3 is 10.6 Å². The topological polar surface area (TPSA) is 82.0 Å². The Kier molecular flexibility index (Phi) is 7.17. The van der Waals surface area contributed by atoms with Gasteiger partial charge in [0, 0.05) is 27.0 Å². The largest absolute Gasteiger partial charge is 0.325 e. The summed E-state index contributed by atoms with van der Waals surface area (Å²) in [5.74, 6) is -0.614. The summed E-state index contributed by atoms with van der Waals surface area (Å²) in [4.78, 5) is 24.6. The Balaban J connectivity index is 1.76. The highest BCUT2D eigenvalue weighted by Crippen LogP contribution is 2.36. The monoisotopic (exact) mass is 533 g/mol. The van der Waals surface area contributed by atoms with Crippen molar-refractivity contribution >= 4 is 61.1 Å². The Morgan fingerprint density at radius 2 is 2.03 bits per heavy atom. The summed E-state index contributed by atoms with van der Waals surface area (Å²) >= 11 is 7.99. The molecule has 2 amide bonds. The molecule has 148 valence electrons. The van der Waals surface area contributed by atoms with Gasteiger partial charge in [0.1, 0.15) is 0 Å². The Morgan fingerprint density at radius 1 is 1.28 bits per heavy atom. The summed E-state index contributed by atoms with van der Waals surface area (Å²) in [7, 11) is 0. The Bertz CT molecular complexity index is 1050. The van der Waals surface area contributed by atoms with E-state index in [1.54, 1.807) is 0 Å². The molecule has 1 aliphatic rings. The van der Waals surface area contributed by atoms with Gasteiger partial charge in [-0.2, -0.15) is 5.26 Å². The third-order valence-electron chi connectivity index (χ3n) is 4.42. The van der Waals surface area contributed by atoms with Crippen LogP contribution in [-0.2, 0) is 9.59 Å². The summed E-state index contributed by atoms with van der Waals surface area (Å²) in [5, 5.41) is 15.8. The molecule has 0 aliphatic carbocycles. The van der Waals surface area contributed by atoms with E-state index < -0.39 is 0 Å². The molecular formula is C21H17Br2N3O2S. The van der Waals surface area contributed by atoms with Crippen LogP contribution >= 0.6 is 43.6 Å². The fourth-order valence-corrected chi connectivity index (χ4v) is 4.80. The molecule has 3 rings (SSSR count). The van der Waals surface area contributed by atoms with Crippen molar-refractivity contribution in [2.75, 3.05) is 11.1 Å². The number of aryl methyl sites for hydroxylation is 1. The van der Waals surface area contributed by atoms with Crippen LogP contribution in [0.3, 0.4) is 0 Å². The number of carbonyl (C=O) groups is 2. The molecular weight excluding hydrogens is 518 g/mol. The molecule has 2 N–H and O–H groups in total. The van der Waals surface area contributed by atoms with Crippen molar-refractivity contribution in [3.63, 3.8) is 0 Å². The van der Waals surface area contributed by atoms with Crippen molar-refractivity contribution in [1.29, 1.82) is 5.26 Å². The summed E-state index contributed by atoms with van der Waals surface area (Å²) in [5.41, 5.74) is 3.03. The number of hydrogen-bond donors (Lipinski definition) is 2. The number of anilines is 1. The number of thioether (sulfide) groups is 1. The van der Waals surface area contributed by atoms with Gasteiger partial charge in [-0.1, -0.05) is 55.8 Å². The van der Waals surface area contributed by atoms with Crippen LogP contribution < -0.4 is 10.6 Å². The van der Waals surface area contributed by atoms with Gasteiger partial charge in [0.2, 0.25) is 11.8 Å². The van der Waals surface area contributed by atoms with E-state index in [1.165, 1.54) is 0 Å². The minimum atomic E-state index is -0.328. The van der Waals surface area contributed by atoms with Gasteiger partial charge in [-0.25, -0.2) is 0 Å². The third-order valence-corrected chi connectivity index (χ3v) is 6.42. The van der Waals surface area contributed by atoms with Crippen LogP contribution in [-0.4, -0.2) is 17.6 Å². The summed E-state index contributed by atoms with van der Waals surface area (Å²) < 4.78 is 1.83. The van der Waals surface area contributed by atoms with E-state index in [0.29, 0.717) is 10.6 Å². The van der Waals surface area contributed by atoms with Crippen molar-refractivity contribution in [1.82, 2.24) is 5.32 Å². The smallest absolute Gasteiger partial charge is 0.234 e. The number of carbonyl (C=O) groups excluding carboxylic acids is 2. The molecule has 0 unspecified atom stereocenters. The summed E-state index contributed by atoms with van der Waals surface area (Å²) in [6.45, 7) is 1.91. The van der Waals surface area contributed by atoms with Crippen LogP contribution in [0.2, 0.25) is 0 Å². The van der Waals surface area contributed by atoms with Crippen molar-refractivity contribution in [2.24, 2.45) is 0 Å². The van der Waals surface area contributed by atoms with E-state index in [4.69, 9.17) is 0 Å². The predicted octanol–water partition coefficient (Wildman–Crippen LogP) is 5.23. The van der Waals surface area contributed by atoms with Gasteiger partial charge in [-0.05, 0) is 48.4 Å². The minimum Gasteiger partial charge on any atom is -0.325 e. The lowest BCUT2D eigenvalue weighted by atomic mass is 9.87. The number of halogens is 2. The molecule has 0 bridgehead atoms. The first-order chi connectivity index (χ1) is 13.9. The maximum Gasteiger partial charge on any atom is 0.234 e. The minimum absolute atomic E-state index is 0.0848. The second-order valence-corrected chi connectivity index (χ2v) is 9.33.